The van der Waals surface area contributed by atoms with E-state index in [4.69, 9.17) is 6.42 Å². The lowest BCUT2D eigenvalue weighted by atomic mass is 9.83. The molecule has 0 aliphatic rings. The molecular weight excluding hydrogens is 312 g/mol. The molecule has 26 heavy (non-hydrogen) atoms. The van der Waals surface area contributed by atoms with Crippen LogP contribution in [0.3, 0.4) is 0 Å². The Morgan fingerprint density at radius 2 is 1.31 bits per heavy atom. The minimum Gasteiger partial charge on any atom is -0.106 e. The summed E-state index contributed by atoms with van der Waals surface area (Å²) in [6, 6.07) is 13.2. The van der Waals surface area contributed by atoms with Gasteiger partial charge >= 0.3 is 0 Å². The van der Waals surface area contributed by atoms with E-state index < -0.39 is 0 Å². The second-order valence-electron chi connectivity index (χ2n) is 6.49. The Labute approximate surface area is 162 Å². The molecule has 0 amide bonds. The molecule has 0 heteroatoms. The van der Waals surface area contributed by atoms with Crippen LogP contribution in [-0.2, 0) is 5.41 Å². The van der Waals surface area contributed by atoms with E-state index >= 15 is 0 Å². The molecule has 0 aromatic heterocycles. The van der Waals surface area contributed by atoms with Crippen LogP contribution in [0.1, 0.15) is 43.1 Å². The molecule has 0 aliphatic heterocycles. The van der Waals surface area contributed by atoms with E-state index in [1.165, 1.54) is 21.9 Å². The van der Waals surface area contributed by atoms with Crippen LogP contribution in [0, 0.1) is 66.6 Å². The van der Waals surface area contributed by atoms with Gasteiger partial charge in [-0.2, -0.15) is 0 Å². The van der Waals surface area contributed by atoms with Gasteiger partial charge < -0.3 is 0 Å². The zero-order valence-corrected chi connectivity index (χ0v) is 16.0. The number of hydrogen-bond acceptors (Lipinski definition) is 0. The fourth-order valence-electron chi connectivity index (χ4n) is 2.38. The molecule has 132 valence electrons. The average Bonchev–Trinajstić information content (AvgIpc) is 2.61. The van der Waals surface area contributed by atoms with Crippen molar-refractivity contribution in [1.29, 1.82) is 0 Å². The summed E-state index contributed by atoms with van der Waals surface area (Å²) in [5.41, 5.74) is 3.01. The fourth-order valence-corrected chi connectivity index (χ4v) is 2.38. The summed E-state index contributed by atoms with van der Waals surface area (Å²) < 4.78 is 0. The molecule has 0 nitrogen and oxygen atoms in total. The van der Waals surface area contributed by atoms with Crippen LogP contribution in [0.15, 0.2) is 36.4 Å². The second kappa shape index (κ2) is 10.4. The number of hydrogen-bond donors (Lipinski definition) is 0. The van der Waals surface area contributed by atoms with Crippen molar-refractivity contribution in [3.63, 3.8) is 0 Å². The Bertz CT molecular complexity index is 1070. The second-order valence-corrected chi connectivity index (χ2v) is 6.49. The van der Waals surface area contributed by atoms with Gasteiger partial charge in [0.05, 0.1) is 0 Å². The van der Waals surface area contributed by atoms with Gasteiger partial charge in [-0.05, 0) is 88.5 Å². The van der Waals surface area contributed by atoms with Crippen molar-refractivity contribution in [1.82, 2.24) is 0 Å². The maximum Gasteiger partial charge on any atom is 0 e. The Balaban J connectivity index is -0.000000442. The molecule has 0 saturated carbocycles. The quantitative estimate of drug-likeness (QED) is 0.529. The number of benzene rings is 2. The Hall–Kier alpha value is -3.50. The molecule has 2 aromatic carbocycles. The topological polar surface area (TPSA) is 0 Å². The first-order valence-corrected chi connectivity index (χ1v) is 8.28. The summed E-state index contributed by atoms with van der Waals surface area (Å²) in [7, 11) is 0. The number of aryl methyl sites for hydroxylation is 1. The summed E-state index contributed by atoms with van der Waals surface area (Å²) in [6.45, 7) is 10.7. The minimum absolute atomic E-state index is 0. The van der Waals surface area contributed by atoms with Gasteiger partial charge in [0.15, 0.2) is 0 Å². The summed E-state index contributed by atoms with van der Waals surface area (Å²) in [4.78, 5) is 0. The highest BCUT2D eigenvalue weighted by molar-refractivity contribution is 5.89. The molecule has 0 aliphatic carbocycles. The largest absolute Gasteiger partial charge is 0.106 e. The van der Waals surface area contributed by atoms with Gasteiger partial charge in [-0.25, -0.2) is 0 Å². The van der Waals surface area contributed by atoms with Crippen molar-refractivity contribution >= 4 is 10.8 Å². The third-order valence-electron chi connectivity index (χ3n) is 3.52. The highest BCUT2D eigenvalue weighted by Gasteiger charge is 2.16. The monoisotopic (exact) mass is 340 g/mol. The van der Waals surface area contributed by atoms with Crippen LogP contribution in [0.4, 0.5) is 0 Å². The number of terminal acetylenes is 1. The van der Waals surface area contributed by atoms with E-state index in [9.17, 15) is 0 Å². The summed E-state index contributed by atoms with van der Waals surface area (Å²) >= 11 is 0. The molecule has 2 rings (SSSR count). The lowest BCUT2D eigenvalue weighted by Crippen LogP contribution is -2.11. The van der Waals surface area contributed by atoms with Crippen molar-refractivity contribution < 1.29 is 4.28 Å². The summed E-state index contributed by atoms with van der Waals surface area (Å²) in [5.74, 6) is 22.0. The molecule has 0 unspecified atom stereocenters. The molecule has 0 atom stereocenters. The molecule has 0 saturated heterocycles. The molecule has 0 N–H and O–H groups in total. The highest BCUT2D eigenvalue weighted by Crippen LogP contribution is 2.30. The van der Waals surface area contributed by atoms with E-state index in [0.29, 0.717) is 0 Å². The predicted octanol–water partition coefficient (Wildman–Crippen LogP) is 5.84. The smallest absolute Gasteiger partial charge is 0 e. The normalized spacial score (nSPS) is 8.46. The zero-order valence-electron chi connectivity index (χ0n) is 16.0. The molecule has 2 aromatic rings. The third kappa shape index (κ3) is 6.55. The van der Waals surface area contributed by atoms with Gasteiger partial charge in [-0.3, -0.25) is 0 Å². The van der Waals surface area contributed by atoms with E-state index in [0.717, 1.165) is 0 Å². The highest BCUT2D eigenvalue weighted by atomic mass is 14.2. The van der Waals surface area contributed by atoms with Crippen LogP contribution in [0.25, 0.3) is 10.8 Å². The van der Waals surface area contributed by atoms with Gasteiger partial charge in [-0.1, -0.05) is 63.1 Å². The van der Waals surface area contributed by atoms with Gasteiger partial charge in [0.25, 0.3) is 0 Å². The first-order chi connectivity index (χ1) is 12.4. The van der Waals surface area contributed by atoms with Crippen molar-refractivity contribution in [3.05, 3.63) is 47.5 Å². The lowest BCUT2D eigenvalue weighted by molar-refractivity contribution is 0.596. The first kappa shape index (κ1) is 20.5. The maximum atomic E-state index is 4.84. The molecular formula is C26H28. The van der Waals surface area contributed by atoms with Crippen LogP contribution < -0.4 is 0 Å². The Kier molecular flexibility index (Phi) is 8.20. The molecule has 0 spiro atoms. The Morgan fingerprint density at radius 1 is 0.769 bits per heavy atom. The van der Waals surface area contributed by atoms with Gasteiger partial charge in [0, 0.05) is 4.28 Å². The van der Waals surface area contributed by atoms with Crippen LogP contribution in [0.5, 0.6) is 0 Å². The van der Waals surface area contributed by atoms with Crippen LogP contribution >= 0.6 is 0 Å². The zero-order chi connectivity index (χ0) is 19.4. The van der Waals surface area contributed by atoms with Crippen molar-refractivity contribution in [2.45, 2.75) is 40.0 Å². The Morgan fingerprint density at radius 3 is 1.88 bits per heavy atom. The van der Waals surface area contributed by atoms with Gasteiger partial charge in [0.1, 0.15) is 0 Å². The van der Waals surface area contributed by atoms with E-state index in [-0.39, 0.29) is 9.69 Å². The van der Waals surface area contributed by atoms with Gasteiger partial charge in [-0.15, -0.1) is 6.42 Å². The molecule has 0 heterocycles. The van der Waals surface area contributed by atoms with E-state index in [1.807, 2.05) is 0 Å². The molecule has 0 bridgehead atoms. The fraction of sp³-hybridized carbons (Fsp3) is 0.231. The maximum absolute atomic E-state index is 4.84. The third-order valence-corrected chi connectivity index (χ3v) is 3.52. The average molecular weight is 341 g/mol. The van der Waals surface area contributed by atoms with Crippen molar-refractivity contribution in [2.75, 3.05) is 0 Å². The first-order valence-electron chi connectivity index (χ1n) is 8.28. The summed E-state index contributed by atoms with van der Waals surface area (Å²) in [5, 5.41) is 2.77. The van der Waals surface area contributed by atoms with Crippen molar-refractivity contribution in [3.8, 4) is 59.7 Å². The van der Waals surface area contributed by atoms with Crippen LogP contribution in [0.2, 0.25) is 0 Å². The van der Waals surface area contributed by atoms with Crippen molar-refractivity contribution in [2.24, 2.45) is 0 Å². The molecule has 0 fully saturated rings. The predicted molar refractivity (Wildman–Crippen MR) is 119 cm³/mol. The van der Waals surface area contributed by atoms with Gasteiger partial charge in [0.2, 0.25) is 0 Å². The molecule has 0 radical (unpaired) electrons. The van der Waals surface area contributed by atoms with E-state index in [1.54, 1.807) is 6.92 Å². The van der Waals surface area contributed by atoms with E-state index in [2.05, 4.69) is 117 Å². The standard InChI is InChI=1S/C15H18.C11H4.3H2/c1-11-7-5-9-13-12(11)8-6-10-14(13)15(2,3)4;1-3-5-7-9-11-10-8-6-4-2;;;/h5-10H,1-4H3;1H,2H3;3*1H. The SMILES string of the molecule is C#CC#CC#CC#CC#CC.Cc1cccc2c(C(C)(C)C)cccc12.[HH].[HH].[HH]. The number of fused-ring (bicyclic) bond motifs is 1. The summed E-state index contributed by atoms with van der Waals surface area (Å²) in [6.07, 6.45) is 4.84. The minimum atomic E-state index is 0. The number of rotatable bonds is 0. The lowest BCUT2D eigenvalue weighted by Gasteiger charge is -2.21. The van der Waals surface area contributed by atoms with Crippen LogP contribution in [-0.4, -0.2) is 0 Å².